The number of nitrogens with one attached hydrogen (secondary N) is 2. The summed E-state index contributed by atoms with van der Waals surface area (Å²) in [6, 6.07) is 17.2. The lowest BCUT2D eigenvalue weighted by Gasteiger charge is -2.33. The first-order valence-electron chi connectivity index (χ1n) is 12.3. The van der Waals surface area contributed by atoms with Crippen LogP contribution in [0.4, 0.5) is 5.82 Å². The number of methoxy groups -OCH3 is 2. The first-order chi connectivity index (χ1) is 18.1. The molecule has 37 heavy (non-hydrogen) atoms. The topological polar surface area (TPSA) is 105 Å². The van der Waals surface area contributed by atoms with Gasteiger partial charge >= 0.3 is 0 Å². The molecule has 3 heterocycles. The number of carbonyl (C=O) groups excluding carboxylic acids is 1. The Bertz CT molecular complexity index is 1330. The minimum absolute atomic E-state index is 0.127. The van der Waals surface area contributed by atoms with Gasteiger partial charge in [-0.05, 0) is 49.1 Å². The summed E-state index contributed by atoms with van der Waals surface area (Å²) in [4.78, 5) is 24.4. The third-order valence-electron chi connectivity index (χ3n) is 6.68. The number of amides is 1. The zero-order valence-electron chi connectivity index (χ0n) is 21.0. The van der Waals surface area contributed by atoms with Crippen molar-refractivity contribution in [1.29, 1.82) is 0 Å². The second-order valence-electron chi connectivity index (χ2n) is 9.03. The van der Waals surface area contributed by atoms with Gasteiger partial charge in [-0.15, -0.1) is 0 Å². The molecule has 0 saturated carbocycles. The van der Waals surface area contributed by atoms with Crippen molar-refractivity contribution in [3.63, 3.8) is 0 Å². The Morgan fingerprint density at radius 3 is 2.46 bits per heavy atom. The molecule has 2 N–H and O–H groups in total. The summed E-state index contributed by atoms with van der Waals surface area (Å²) in [7, 11) is 3.15. The molecule has 1 fully saturated rings. The van der Waals surface area contributed by atoms with Crippen LogP contribution in [0.3, 0.4) is 0 Å². The molecule has 190 valence electrons. The van der Waals surface area contributed by atoms with E-state index < -0.39 is 0 Å². The number of hydrogen-bond acceptors (Lipinski definition) is 7. The molecule has 9 heteroatoms. The lowest BCUT2D eigenvalue weighted by atomic mass is 9.96. The molecule has 5 rings (SSSR count). The van der Waals surface area contributed by atoms with Crippen molar-refractivity contribution in [3.8, 4) is 34.1 Å². The monoisotopic (exact) mass is 498 g/mol. The molecule has 0 unspecified atom stereocenters. The van der Waals surface area contributed by atoms with Crippen LogP contribution in [0.1, 0.15) is 23.2 Å². The van der Waals surface area contributed by atoms with Crippen molar-refractivity contribution < 1.29 is 14.3 Å². The van der Waals surface area contributed by atoms with E-state index in [-0.39, 0.29) is 5.91 Å². The van der Waals surface area contributed by atoms with Crippen LogP contribution >= 0.6 is 0 Å². The Morgan fingerprint density at radius 2 is 1.76 bits per heavy atom. The van der Waals surface area contributed by atoms with Gasteiger partial charge in [0.25, 0.3) is 5.91 Å². The summed E-state index contributed by atoms with van der Waals surface area (Å²) in [5.41, 5.74) is 3.48. The number of hydrogen-bond donors (Lipinski definition) is 2. The SMILES string of the molecule is COc1cc(OC)cc(C(=O)NCC2CCN(c3ccnc(-c4cccc(-c5ccn[nH]5)c4)n3)CC2)c1. The number of rotatable bonds is 8. The second-order valence-corrected chi connectivity index (χ2v) is 9.03. The van der Waals surface area contributed by atoms with Crippen LogP contribution in [0.25, 0.3) is 22.6 Å². The lowest BCUT2D eigenvalue weighted by molar-refractivity contribution is 0.0944. The molecule has 1 aliphatic rings. The van der Waals surface area contributed by atoms with E-state index in [0.29, 0.717) is 35.3 Å². The van der Waals surface area contributed by atoms with E-state index in [2.05, 4.69) is 31.5 Å². The van der Waals surface area contributed by atoms with Gasteiger partial charge in [0.15, 0.2) is 5.82 Å². The van der Waals surface area contributed by atoms with Gasteiger partial charge in [-0.3, -0.25) is 9.89 Å². The molecular formula is C28H30N6O3. The quantitative estimate of drug-likeness (QED) is 0.375. The van der Waals surface area contributed by atoms with Crippen molar-refractivity contribution in [2.24, 2.45) is 5.92 Å². The number of carbonyl (C=O) groups is 1. The minimum atomic E-state index is -0.127. The normalized spacial score (nSPS) is 13.8. The van der Waals surface area contributed by atoms with Crippen LogP contribution in [0, 0.1) is 5.92 Å². The molecule has 0 aliphatic carbocycles. The lowest BCUT2D eigenvalue weighted by Crippen LogP contribution is -2.39. The van der Waals surface area contributed by atoms with Gasteiger partial charge in [0.05, 0.1) is 19.9 Å². The molecule has 1 saturated heterocycles. The predicted molar refractivity (Wildman–Crippen MR) is 142 cm³/mol. The molecule has 0 bridgehead atoms. The van der Waals surface area contributed by atoms with Gasteiger partial charge in [-0.25, -0.2) is 9.97 Å². The molecule has 4 aromatic rings. The molecule has 0 atom stereocenters. The van der Waals surface area contributed by atoms with Gasteiger partial charge in [0.1, 0.15) is 17.3 Å². The smallest absolute Gasteiger partial charge is 0.251 e. The van der Waals surface area contributed by atoms with Gasteiger partial charge in [0, 0.05) is 54.8 Å². The minimum Gasteiger partial charge on any atom is -0.497 e. The molecule has 1 aliphatic heterocycles. The third-order valence-corrected chi connectivity index (χ3v) is 6.68. The number of anilines is 1. The summed E-state index contributed by atoms with van der Waals surface area (Å²) in [5, 5.41) is 10.1. The predicted octanol–water partition coefficient (Wildman–Crippen LogP) is 4.20. The fourth-order valence-corrected chi connectivity index (χ4v) is 4.55. The van der Waals surface area contributed by atoms with E-state index in [1.165, 1.54) is 0 Å². The summed E-state index contributed by atoms with van der Waals surface area (Å²) < 4.78 is 10.6. The number of H-pyrrole nitrogens is 1. The van der Waals surface area contributed by atoms with Gasteiger partial charge in [0.2, 0.25) is 0 Å². The molecule has 0 spiro atoms. The zero-order chi connectivity index (χ0) is 25.6. The highest BCUT2D eigenvalue weighted by molar-refractivity contribution is 5.95. The zero-order valence-corrected chi connectivity index (χ0v) is 21.0. The van der Waals surface area contributed by atoms with E-state index in [9.17, 15) is 4.79 Å². The largest absolute Gasteiger partial charge is 0.497 e. The summed E-state index contributed by atoms with van der Waals surface area (Å²) >= 11 is 0. The number of piperidine rings is 1. The molecular weight excluding hydrogens is 468 g/mol. The number of ether oxygens (including phenoxy) is 2. The van der Waals surface area contributed by atoms with Gasteiger partial charge in [-0.1, -0.05) is 18.2 Å². The Hall–Kier alpha value is -4.40. The molecule has 2 aromatic carbocycles. The molecule has 9 nitrogen and oxygen atoms in total. The Morgan fingerprint density at radius 1 is 1.00 bits per heavy atom. The van der Waals surface area contributed by atoms with E-state index in [1.54, 1.807) is 38.6 Å². The van der Waals surface area contributed by atoms with Crippen molar-refractivity contribution in [1.82, 2.24) is 25.5 Å². The Labute approximate surface area is 215 Å². The average molecular weight is 499 g/mol. The number of aromatic nitrogens is 4. The Kier molecular flexibility index (Phi) is 7.30. The maximum atomic E-state index is 12.7. The highest BCUT2D eigenvalue weighted by Crippen LogP contribution is 2.27. The summed E-state index contributed by atoms with van der Waals surface area (Å²) in [6.07, 6.45) is 5.49. The molecule has 1 amide bonds. The fraction of sp³-hybridized carbons (Fsp3) is 0.286. The highest BCUT2D eigenvalue weighted by atomic mass is 16.5. The van der Waals surface area contributed by atoms with Crippen molar-refractivity contribution in [3.05, 3.63) is 72.6 Å². The van der Waals surface area contributed by atoms with Crippen molar-refractivity contribution in [2.45, 2.75) is 12.8 Å². The number of benzene rings is 2. The van der Waals surface area contributed by atoms with Crippen LogP contribution < -0.4 is 19.7 Å². The molecule has 2 aromatic heterocycles. The van der Waals surface area contributed by atoms with E-state index in [1.807, 2.05) is 36.5 Å². The van der Waals surface area contributed by atoms with E-state index >= 15 is 0 Å². The van der Waals surface area contributed by atoms with Crippen LogP contribution in [0.15, 0.2) is 67.0 Å². The summed E-state index contributed by atoms with van der Waals surface area (Å²) in [6.45, 7) is 2.37. The highest BCUT2D eigenvalue weighted by Gasteiger charge is 2.22. The first kappa shape index (κ1) is 24.3. The standard InChI is InChI=1S/C28H30N6O3/c1-36-23-15-22(16-24(17-23)37-2)28(35)30-18-19-8-12-34(13-9-19)26-7-10-29-27(32-26)21-5-3-4-20(14-21)25-6-11-31-33-25/h3-7,10-11,14-17,19H,8-9,12-13,18H2,1-2H3,(H,30,35)(H,31,33). The van der Waals surface area contributed by atoms with Crippen LogP contribution in [0.2, 0.25) is 0 Å². The summed E-state index contributed by atoms with van der Waals surface area (Å²) in [5.74, 6) is 3.08. The number of aromatic amines is 1. The van der Waals surface area contributed by atoms with Gasteiger partial charge < -0.3 is 19.7 Å². The average Bonchev–Trinajstić information content (AvgIpc) is 3.51. The van der Waals surface area contributed by atoms with Crippen LogP contribution in [-0.2, 0) is 0 Å². The van der Waals surface area contributed by atoms with E-state index in [4.69, 9.17) is 14.5 Å². The van der Waals surface area contributed by atoms with Crippen molar-refractivity contribution in [2.75, 3.05) is 38.8 Å². The fourth-order valence-electron chi connectivity index (χ4n) is 4.55. The third kappa shape index (κ3) is 5.72. The maximum Gasteiger partial charge on any atom is 0.251 e. The first-order valence-corrected chi connectivity index (χ1v) is 12.3. The van der Waals surface area contributed by atoms with Gasteiger partial charge in [-0.2, -0.15) is 5.10 Å². The van der Waals surface area contributed by atoms with E-state index in [0.717, 1.165) is 48.6 Å². The second kappa shape index (κ2) is 11.1. The maximum absolute atomic E-state index is 12.7. The number of nitrogens with zero attached hydrogens (tertiary/aromatic N) is 4. The van der Waals surface area contributed by atoms with Crippen molar-refractivity contribution >= 4 is 11.7 Å². The van der Waals surface area contributed by atoms with Crippen LogP contribution in [-0.4, -0.2) is 59.9 Å². The molecule has 0 radical (unpaired) electrons. The van der Waals surface area contributed by atoms with Crippen LogP contribution in [0.5, 0.6) is 11.5 Å². The Balaban J connectivity index is 1.18.